The van der Waals surface area contributed by atoms with Crippen LogP contribution in [0.3, 0.4) is 0 Å². The predicted octanol–water partition coefficient (Wildman–Crippen LogP) is 3.58. The molecule has 0 bridgehead atoms. The van der Waals surface area contributed by atoms with E-state index in [4.69, 9.17) is 0 Å². The molecule has 28 heavy (non-hydrogen) atoms. The number of fused-ring (bicyclic) bond motifs is 1. The van der Waals surface area contributed by atoms with E-state index in [1.165, 1.54) is 17.4 Å². The van der Waals surface area contributed by atoms with Gasteiger partial charge >= 0.3 is 0 Å². The summed E-state index contributed by atoms with van der Waals surface area (Å²) in [5.41, 5.74) is 1.54. The molecule has 7 nitrogen and oxygen atoms in total. The molecule has 0 radical (unpaired) electrons. The summed E-state index contributed by atoms with van der Waals surface area (Å²) in [7, 11) is 0. The normalized spacial score (nSPS) is 15.5. The Morgan fingerprint density at radius 2 is 2.14 bits per heavy atom. The lowest BCUT2D eigenvalue weighted by Gasteiger charge is -2.38. The van der Waals surface area contributed by atoms with E-state index >= 15 is 0 Å². The van der Waals surface area contributed by atoms with E-state index in [1.54, 1.807) is 6.20 Å². The largest absolute Gasteiger partial charge is 0.348 e. The summed E-state index contributed by atoms with van der Waals surface area (Å²) in [6.07, 6.45) is 3.81. The van der Waals surface area contributed by atoms with E-state index in [0.29, 0.717) is 33.5 Å². The highest BCUT2D eigenvalue weighted by molar-refractivity contribution is 7.18. The van der Waals surface area contributed by atoms with Gasteiger partial charge in [0.25, 0.3) is 5.91 Å². The van der Waals surface area contributed by atoms with E-state index in [-0.39, 0.29) is 11.9 Å². The first-order chi connectivity index (χ1) is 13.4. The first kappa shape index (κ1) is 18.7. The second kappa shape index (κ2) is 7.38. The Labute approximate surface area is 166 Å². The van der Waals surface area contributed by atoms with Crippen molar-refractivity contribution in [2.24, 2.45) is 5.92 Å². The van der Waals surface area contributed by atoms with Crippen LogP contribution in [0, 0.1) is 18.7 Å². The van der Waals surface area contributed by atoms with Crippen LogP contribution in [0.2, 0.25) is 0 Å². The van der Waals surface area contributed by atoms with Crippen molar-refractivity contribution in [2.75, 3.05) is 18.4 Å². The number of halogens is 1. The van der Waals surface area contributed by atoms with Crippen molar-refractivity contribution in [1.82, 2.24) is 24.8 Å². The summed E-state index contributed by atoms with van der Waals surface area (Å²) >= 11 is 1.42. The van der Waals surface area contributed by atoms with E-state index < -0.39 is 5.82 Å². The lowest BCUT2D eigenvalue weighted by atomic mass is 9.97. The molecule has 4 rings (SSSR count). The zero-order valence-electron chi connectivity index (χ0n) is 15.9. The number of amides is 1. The standard InChI is InChI=1S/C19H21FN6OS/c1-4-12-8-26(9-12)18(27)15-16-17(23-11(3)28-16)25-19(24-15)22-10(2)13-5-14(20)7-21-6-13/h5-7,10,12H,4,8-9H2,1-3H3,(H,22,24,25)/t10-/m0/s1. The van der Waals surface area contributed by atoms with Crippen molar-refractivity contribution in [3.8, 4) is 0 Å². The van der Waals surface area contributed by atoms with Gasteiger partial charge in [-0.05, 0) is 37.8 Å². The van der Waals surface area contributed by atoms with E-state index in [9.17, 15) is 9.18 Å². The molecule has 1 N–H and O–H groups in total. The smallest absolute Gasteiger partial charge is 0.274 e. The third-order valence-electron chi connectivity index (χ3n) is 4.96. The fourth-order valence-electron chi connectivity index (χ4n) is 3.22. The second-order valence-corrected chi connectivity index (χ2v) is 8.27. The van der Waals surface area contributed by atoms with Crippen molar-refractivity contribution in [3.05, 3.63) is 40.5 Å². The lowest BCUT2D eigenvalue weighted by molar-refractivity contribution is 0.0491. The molecular weight excluding hydrogens is 379 g/mol. The Kier molecular flexibility index (Phi) is 4.92. The number of hydrogen-bond donors (Lipinski definition) is 1. The highest BCUT2D eigenvalue weighted by Crippen LogP contribution is 2.29. The van der Waals surface area contributed by atoms with Gasteiger partial charge in [-0.2, -0.15) is 4.98 Å². The number of nitrogens with one attached hydrogen (secondary N) is 1. The molecule has 1 aliphatic rings. The fourth-order valence-corrected chi connectivity index (χ4v) is 4.06. The number of rotatable bonds is 5. The number of pyridine rings is 1. The summed E-state index contributed by atoms with van der Waals surface area (Å²) in [5.74, 6) is 0.355. The molecule has 1 fully saturated rings. The van der Waals surface area contributed by atoms with Crippen molar-refractivity contribution >= 4 is 33.5 Å². The molecule has 0 saturated carbocycles. The number of carbonyl (C=O) groups is 1. The molecule has 0 unspecified atom stereocenters. The van der Waals surface area contributed by atoms with Gasteiger partial charge in [-0.25, -0.2) is 14.4 Å². The summed E-state index contributed by atoms with van der Waals surface area (Å²) in [4.78, 5) is 32.1. The fraction of sp³-hybridized carbons (Fsp3) is 0.421. The van der Waals surface area contributed by atoms with E-state index in [1.807, 2.05) is 18.7 Å². The van der Waals surface area contributed by atoms with E-state index in [0.717, 1.165) is 30.7 Å². The predicted molar refractivity (Wildman–Crippen MR) is 106 cm³/mol. The number of aromatic nitrogens is 4. The number of anilines is 1. The minimum Gasteiger partial charge on any atom is -0.348 e. The molecule has 0 spiro atoms. The topological polar surface area (TPSA) is 83.9 Å². The van der Waals surface area contributed by atoms with Crippen LogP contribution in [0.5, 0.6) is 0 Å². The number of aryl methyl sites for hydroxylation is 1. The minimum absolute atomic E-state index is 0.0936. The first-order valence-electron chi connectivity index (χ1n) is 9.26. The maximum Gasteiger partial charge on any atom is 0.274 e. The summed E-state index contributed by atoms with van der Waals surface area (Å²) in [6.45, 7) is 7.39. The third-order valence-corrected chi connectivity index (χ3v) is 5.92. The van der Waals surface area contributed by atoms with Crippen LogP contribution < -0.4 is 5.32 Å². The zero-order chi connectivity index (χ0) is 19.8. The van der Waals surface area contributed by atoms with Gasteiger partial charge in [0.05, 0.1) is 17.2 Å². The van der Waals surface area contributed by atoms with Gasteiger partial charge in [-0.1, -0.05) is 6.92 Å². The number of carbonyl (C=O) groups excluding carboxylic acids is 1. The second-order valence-electron chi connectivity index (χ2n) is 7.07. The van der Waals surface area contributed by atoms with Crippen LogP contribution in [-0.4, -0.2) is 43.8 Å². The summed E-state index contributed by atoms with van der Waals surface area (Å²) in [5, 5.41) is 3.97. The molecule has 1 saturated heterocycles. The van der Waals surface area contributed by atoms with Gasteiger partial charge < -0.3 is 10.2 Å². The van der Waals surface area contributed by atoms with Gasteiger partial charge in [0, 0.05) is 19.3 Å². The maximum absolute atomic E-state index is 13.5. The molecule has 146 valence electrons. The van der Waals surface area contributed by atoms with Crippen molar-refractivity contribution in [2.45, 2.75) is 33.2 Å². The molecule has 4 heterocycles. The molecule has 0 aromatic carbocycles. The van der Waals surface area contributed by atoms with Gasteiger partial charge in [0.15, 0.2) is 11.3 Å². The van der Waals surface area contributed by atoms with Crippen LogP contribution in [0.25, 0.3) is 10.3 Å². The number of hydrogen-bond acceptors (Lipinski definition) is 7. The molecule has 3 aromatic heterocycles. The molecular formula is C19H21FN6OS. The minimum atomic E-state index is -0.406. The Morgan fingerprint density at radius 1 is 1.36 bits per heavy atom. The Balaban J connectivity index is 1.65. The number of nitrogens with zero attached hydrogens (tertiary/aromatic N) is 5. The van der Waals surface area contributed by atoms with Crippen LogP contribution in [0.1, 0.15) is 47.4 Å². The maximum atomic E-state index is 13.5. The third kappa shape index (κ3) is 3.54. The molecule has 1 atom stereocenters. The SMILES string of the molecule is CCC1CN(C(=O)c2nc(N[C@@H](C)c3cncc(F)c3)nc3nc(C)sc23)C1. The van der Waals surface area contributed by atoms with Crippen LogP contribution in [0.15, 0.2) is 18.5 Å². The molecule has 1 aliphatic heterocycles. The zero-order valence-corrected chi connectivity index (χ0v) is 16.8. The molecule has 3 aromatic rings. The van der Waals surface area contributed by atoms with Crippen LogP contribution in [0.4, 0.5) is 10.3 Å². The van der Waals surface area contributed by atoms with Gasteiger partial charge in [0.1, 0.15) is 10.5 Å². The average Bonchev–Trinajstić information content (AvgIpc) is 3.00. The Bertz CT molecular complexity index is 1030. The monoisotopic (exact) mass is 400 g/mol. The molecule has 1 amide bonds. The van der Waals surface area contributed by atoms with Gasteiger partial charge in [-0.15, -0.1) is 11.3 Å². The number of likely N-dealkylation sites (tertiary alicyclic amines) is 1. The lowest BCUT2D eigenvalue weighted by Crippen LogP contribution is -2.49. The Hall–Kier alpha value is -2.68. The average molecular weight is 400 g/mol. The Morgan fingerprint density at radius 3 is 2.86 bits per heavy atom. The van der Waals surface area contributed by atoms with Crippen molar-refractivity contribution < 1.29 is 9.18 Å². The van der Waals surface area contributed by atoms with Crippen LogP contribution >= 0.6 is 11.3 Å². The summed E-state index contributed by atoms with van der Waals surface area (Å²) in [6, 6.07) is 1.13. The molecule has 9 heteroatoms. The highest BCUT2D eigenvalue weighted by Gasteiger charge is 2.32. The first-order valence-corrected chi connectivity index (χ1v) is 10.1. The highest BCUT2D eigenvalue weighted by atomic mass is 32.1. The van der Waals surface area contributed by atoms with E-state index in [2.05, 4.69) is 32.2 Å². The summed E-state index contributed by atoms with van der Waals surface area (Å²) < 4.78 is 14.2. The quantitative estimate of drug-likeness (QED) is 0.705. The number of thiazole rings is 1. The van der Waals surface area contributed by atoms with Crippen molar-refractivity contribution in [1.29, 1.82) is 0 Å². The molecule has 0 aliphatic carbocycles. The van der Waals surface area contributed by atoms with Crippen molar-refractivity contribution in [3.63, 3.8) is 0 Å². The van der Waals surface area contributed by atoms with Gasteiger partial charge in [0.2, 0.25) is 5.95 Å². The van der Waals surface area contributed by atoms with Gasteiger partial charge in [-0.3, -0.25) is 9.78 Å². The van der Waals surface area contributed by atoms with Crippen LogP contribution in [-0.2, 0) is 0 Å².